The van der Waals surface area contributed by atoms with Gasteiger partial charge in [-0.2, -0.15) is 0 Å². The number of hydrogen-bond donors (Lipinski definition) is 5. The summed E-state index contributed by atoms with van der Waals surface area (Å²) in [5.74, 6) is 0.0778. The molecular formula is C63H103N7O11S. The highest BCUT2D eigenvalue weighted by atomic mass is 32.2. The quantitative estimate of drug-likeness (QED) is 0.0262. The standard InChI is InChI=1S/C63H103N7O11S/c1-6-10-14-18-20-24-28-50(26-22-16-12-8-3)58(72)65-35-40-76-42-37-67-60(74)53-46-54(61(75)68-38-43-77-41-36-66-59(73)51(27-23-17-13-9-4)29-25-21-19-15-11-7-2)48-56(47-53)80-49-57(71)64-34-39-78-44-45-79-55-32-30-52(31-33-55)62-69-70-63(81-62)82-5/h30-33,46-48,50-51H,6-29,34-45,49H2,1-5H3,(H,64,71)(H,65,72)(H,66,73)(H,67,74)(H,68,75). The minimum Gasteiger partial charge on any atom is -0.491 e. The van der Waals surface area contributed by atoms with Gasteiger partial charge in [0.2, 0.25) is 17.7 Å². The lowest BCUT2D eigenvalue weighted by molar-refractivity contribution is -0.126. The Bertz CT molecular complexity index is 2080. The van der Waals surface area contributed by atoms with Crippen LogP contribution in [-0.4, -0.2) is 132 Å². The van der Waals surface area contributed by atoms with Crippen molar-refractivity contribution in [3.8, 4) is 23.0 Å². The number of unbranched alkanes of at least 4 members (excludes halogenated alkanes) is 16. The third-order valence-electron chi connectivity index (χ3n) is 14.1. The van der Waals surface area contributed by atoms with Gasteiger partial charge in [-0.15, -0.1) is 10.2 Å². The van der Waals surface area contributed by atoms with E-state index in [2.05, 4.69) is 64.5 Å². The van der Waals surface area contributed by atoms with Crippen molar-refractivity contribution < 1.29 is 52.1 Å². The number of carbonyl (C=O) groups is 5. The second kappa shape index (κ2) is 47.2. The van der Waals surface area contributed by atoms with Gasteiger partial charge in [0.25, 0.3) is 22.9 Å². The Balaban J connectivity index is 1.48. The number of ether oxygens (including phenoxy) is 5. The molecule has 2 unspecified atom stereocenters. The lowest BCUT2D eigenvalue weighted by Crippen LogP contribution is -2.34. The topological polar surface area (TPSA) is 231 Å². The van der Waals surface area contributed by atoms with Crippen LogP contribution in [0.4, 0.5) is 0 Å². The maximum absolute atomic E-state index is 13.5. The molecule has 3 rings (SSSR count). The SMILES string of the molecule is CCCCCCCCC(CCCCCC)C(=O)NCCOCCNC(=O)c1cc(OCC(=O)NCCOCCOc2ccc(-c3nnc(SC)o3)cc2)cc(C(=O)NCCOCCNC(=O)C(CCCCCC)CCCCCCCC)c1. The van der Waals surface area contributed by atoms with Gasteiger partial charge in [0, 0.05) is 61.2 Å². The van der Waals surface area contributed by atoms with Crippen LogP contribution in [0.3, 0.4) is 0 Å². The van der Waals surface area contributed by atoms with Gasteiger partial charge in [-0.25, -0.2) is 0 Å². The van der Waals surface area contributed by atoms with E-state index in [1.807, 2.05) is 30.5 Å². The number of rotatable bonds is 52. The molecule has 2 atom stereocenters. The molecule has 1 aromatic heterocycles. The Morgan fingerprint density at radius 2 is 0.878 bits per heavy atom. The summed E-state index contributed by atoms with van der Waals surface area (Å²) in [4.78, 5) is 66.2. The molecule has 0 saturated heterocycles. The maximum atomic E-state index is 13.5. The first-order valence-electron chi connectivity index (χ1n) is 31.1. The summed E-state index contributed by atoms with van der Waals surface area (Å²) in [6.07, 6.45) is 28.9. The van der Waals surface area contributed by atoms with E-state index in [0.29, 0.717) is 56.4 Å². The average molecular weight is 1170 g/mol. The first-order valence-corrected chi connectivity index (χ1v) is 32.3. The zero-order valence-electron chi connectivity index (χ0n) is 50.7. The monoisotopic (exact) mass is 1170 g/mol. The van der Waals surface area contributed by atoms with Crippen molar-refractivity contribution in [3.05, 3.63) is 53.6 Å². The van der Waals surface area contributed by atoms with Crippen molar-refractivity contribution in [2.75, 3.05) is 91.8 Å². The van der Waals surface area contributed by atoms with E-state index >= 15 is 0 Å². The molecule has 0 fully saturated rings. The molecule has 82 heavy (non-hydrogen) atoms. The molecule has 0 aliphatic carbocycles. The second-order valence-corrected chi connectivity index (χ2v) is 21.7. The third-order valence-corrected chi connectivity index (χ3v) is 14.6. The molecule has 0 bridgehead atoms. The zero-order chi connectivity index (χ0) is 59.1. The highest BCUT2D eigenvalue weighted by Crippen LogP contribution is 2.25. The molecule has 0 saturated carbocycles. The van der Waals surface area contributed by atoms with Crippen molar-refractivity contribution in [1.29, 1.82) is 0 Å². The molecule has 18 nitrogen and oxygen atoms in total. The molecule has 1 heterocycles. The van der Waals surface area contributed by atoms with E-state index in [1.54, 1.807) is 0 Å². The van der Waals surface area contributed by atoms with Crippen LogP contribution in [0.1, 0.15) is 203 Å². The summed E-state index contributed by atoms with van der Waals surface area (Å²) < 4.78 is 34.4. The largest absolute Gasteiger partial charge is 0.491 e. The first kappa shape index (κ1) is 71.0. The Labute approximate surface area is 495 Å². The van der Waals surface area contributed by atoms with E-state index in [9.17, 15) is 24.0 Å². The van der Waals surface area contributed by atoms with Crippen molar-refractivity contribution in [1.82, 2.24) is 36.8 Å². The van der Waals surface area contributed by atoms with E-state index in [-0.39, 0.29) is 86.6 Å². The fourth-order valence-corrected chi connectivity index (χ4v) is 9.57. The predicted molar refractivity (Wildman–Crippen MR) is 326 cm³/mol. The van der Waals surface area contributed by atoms with Crippen LogP contribution >= 0.6 is 11.8 Å². The normalized spacial score (nSPS) is 11.9. The zero-order valence-corrected chi connectivity index (χ0v) is 51.5. The van der Waals surface area contributed by atoms with Gasteiger partial charge in [0.1, 0.15) is 18.1 Å². The van der Waals surface area contributed by atoms with Crippen molar-refractivity contribution >= 4 is 41.3 Å². The molecule has 0 spiro atoms. The molecular weight excluding hydrogens is 1060 g/mol. The van der Waals surface area contributed by atoms with Crippen LogP contribution < -0.4 is 36.1 Å². The van der Waals surface area contributed by atoms with Crippen LogP contribution in [0.15, 0.2) is 52.1 Å². The molecule has 0 aliphatic heterocycles. The van der Waals surface area contributed by atoms with Gasteiger partial charge in [0.15, 0.2) is 6.61 Å². The average Bonchev–Trinajstić information content (AvgIpc) is 4.06. The molecule has 2 aromatic carbocycles. The lowest BCUT2D eigenvalue weighted by atomic mass is 9.93. The number of benzene rings is 2. The van der Waals surface area contributed by atoms with Crippen LogP contribution in [0, 0.1) is 11.8 Å². The minimum atomic E-state index is -0.464. The summed E-state index contributed by atoms with van der Waals surface area (Å²) in [6, 6.07) is 11.7. The molecule has 3 aromatic rings. The highest BCUT2D eigenvalue weighted by Gasteiger charge is 2.20. The molecule has 5 N–H and O–H groups in total. The Kier molecular flexibility index (Phi) is 40.8. The van der Waals surface area contributed by atoms with Gasteiger partial charge in [-0.05, 0) is 74.4 Å². The Morgan fingerprint density at radius 1 is 0.463 bits per heavy atom. The third kappa shape index (κ3) is 33.2. The molecule has 462 valence electrons. The van der Waals surface area contributed by atoms with Crippen LogP contribution in [0.25, 0.3) is 11.5 Å². The van der Waals surface area contributed by atoms with Crippen LogP contribution in [-0.2, 0) is 28.6 Å². The lowest BCUT2D eigenvalue weighted by Gasteiger charge is -2.17. The number of aromatic nitrogens is 2. The number of nitrogens with zero attached hydrogens (tertiary/aromatic N) is 2. The van der Waals surface area contributed by atoms with Crippen LogP contribution in [0.5, 0.6) is 11.5 Å². The van der Waals surface area contributed by atoms with E-state index in [1.165, 1.54) is 94.2 Å². The predicted octanol–water partition coefficient (Wildman–Crippen LogP) is 11.4. The van der Waals surface area contributed by atoms with E-state index in [0.717, 1.165) is 95.5 Å². The molecule has 19 heteroatoms. The number of thioether (sulfide) groups is 1. The summed E-state index contributed by atoms with van der Waals surface area (Å²) in [7, 11) is 0. The van der Waals surface area contributed by atoms with E-state index < -0.39 is 17.7 Å². The Hall–Kier alpha value is -5.24. The summed E-state index contributed by atoms with van der Waals surface area (Å²) in [5, 5.41) is 23.1. The minimum absolute atomic E-state index is 0.0112. The fourth-order valence-electron chi connectivity index (χ4n) is 9.28. The number of carbonyl (C=O) groups excluding carboxylic acids is 5. The van der Waals surface area contributed by atoms with Gasteiger partial charge in [-0.3, -0.25) is 24.0 Å². The van der Waals surface area contributed by atoms with Crippen LogP contribution in [0.2, 0.25) is 0 Å². The van der Waals surface area contributed by atoms with Gasteiger partial charge < -0.3 is 54.7 Å². The maximum Gasteiger partial charge on any atom is 0.276 e. The molecule has 0 radical (unpaired) electrons. The van der Waals surface area contributed by atoms with Gasteiger partial charge >= 0.3 is 0 Å². The summed E-state index contributed by atoms with van der Waals surface area (Å²) in [6.45, 7) is 11.6. The molecule has 0 aliphatic rings. The second-order valence-electron chi connectivity index (χ2n) is 21.0. The van der Waals surface area contributed by atoms with Crippen molar-refractivity contribution in [3.63, 3.8) is 0 Å². The first-order chi connectivity index (χ1) is 40.1. The van der Waals surface area contributed by atoms with Crippen molar-refractivity contribution in [2.24, 2.45) is 11.8 Å². The number of hydrogen-bond acceptors (Lipinski definition) is 14. The van der Waals surface area contributed by atoms with Crippen molar-refractivity contribution in [2.45, 2.75) is 187 Å². The summed E-state index contributed by atoms with van der Waals surface area (Å²) in [5.41, 5.74) is 1.09. The fraction of sp³-hybridized carbons (Fsp3) is 0.698. The smallest absolute Gasteiger partial charge is 0.276 e. The Morgan fingerprint density at radius 3 is 1.33 bits per heavy atom. The van der Waals surface area contributed by atoms with E-state index in [4.69, 9.17) is 28.1 Å². The van der Waals surface area contributed by atoms with Gasteiger partial charge in [-0.1, -0.05) is 168 Å². The number of amides is 5. The number of nitrogens with one attached hydrogen (secondary N) is 5. The highest BCUT2D eigenvalue weighted by molar-refractivity contribution is 7.98. The van der Waals surface area contributed by atoms with Gasteiger partial charge in [0.05, 0.1) is 39.6 Å². The molecule has 5 amide bonds. The summed E-state index contributed by atoms with van der Waals surface area (Å²) >= 11 is 1.38.